The van der Waals surface area contributed by atoms with Gasteiger partial charge >= 0.3 is 0 Å². The number of nitrogen functional groups attached to an aromatic ring is 1. The zero-order valence-corrected chi connectivity index (χ0v) is 11.3. The first-order valence-electron chi connectivity index (χ1n) is 6.57. The fourth-order valence-corrected chi connectivity index (χ4v) is 2.50. The number of anilines is 1. The molecule has 114 valence electrons. The third-order valence-electron chi connectivity index (χ3n) is 3.61. The van der Waals surface area contributed by atoms with Crippen molar-refractivity contribution in [1.29, 1.82) is 0 Å². The highest BCUT2D eigenvalue weighted by molar-refractivity contribution is 6.01. The highest BCUT2D eigenvalue weighted by atomic mass is 19.1. The van der Waals surface area contributed by atoms with E-state index in [1.165, 1.54) is 4.90 Å². The summed E-state index contributed by atoms with van der Waals surface area (Å²) in [6, 6.07) is 1.60. The van der Waals surface area contributed by atoms with Crippen LogP contribution in [0.3, 0.4) is 0 Å². The van der Waals surface area contributed by atoms with Gasteiger partial charge in [0.1, 0.15) is 11.5 Å². The van der Waals surface area contributed by atoms with Gasteiger partial charge in [-0.1, -0.05) is 0 Å². The molecule has 3 N–H and O–H groups in total. The predicted molar refractivity (Wildman–Crippen MR) is 73.2 cm³/mol. The molecule has 1 aliphatic heterocycles. The molecule has 0 radical (unpaired) electrons. The molecule has 1 aromatic carbocycles. The van der Waals surface area contributed by atoms with Crippen LogP contribution in [0.25, 0.3) is 0 Å². The third-order valence-corrected chi connectivity index (χ3v) is 3.61. The number of benzene rings is 1. The number of carbonyl (C=O) groups is 1. The highest BCUT2D eigenvalue weighted by Crippen LogP contribution is 2.29. The summed E-state index contributed by atoms with van der Waals surface area (Å²) in [4.78, 5) is 23.8. The summed E-state index contributed by atoms with van der Waals surface area (Å²) in [5.41, 5.74) is 4.46. The summed E-state index contributed by atoms with van der Waals surface area (Å²) in [6.45, 7) is 0.751. The van der Waals surface area contributed by atoms with E-state index < -0.39 is 22.3 Å². The predicted octanol–water partition coefficient (Wildman–Crippen LogP) is 1.16. The number of nitro benzene ring substituents is 1. The molecular formula is C13H16FN3O4. The van der Waals surface area contributed by atoms with Crippen LogP contribution < -0.4 is 5.73 Å². The van der Waals surface area contributed by atoms with Crippen molar-refractivity contribution in [3.05, 3.63) is 33.6 Å². The zero-order valence-electron chi connectivity index (χ0n) is 11.3. The molecule has 1 unspecified atom stereocenters. The zero-order chi connectivity index (χ0) is 15.6. The van der Waals surface area contributed by atoms with Crippen molar-refractivity contribution >= 4 is 17.3 Å². The van der Waals surface area contributed by atoms with E-state index in [1.807, 2.05) is 0 Å². The molecule has 0 aromatic heterocycles. The van der Waals surface area contributed by atoms with Crippen LogP contribution in [0.2, 0.25) is 0 Å². The van der Waals surface area contributed by atoms with E-state index >= 15 is 0 Å². The molecule has 21 heavy (non-hydrogen) atoms. The first-order valence-corrected chi connectivity index (χ1v) is 6.57. The molecule has 0 bridgehead atoms. The first-order chi connectivity index (χ1) is 9.93. The number of aliphatic hydroxyl groups excluding tert-OH is 1. The maximum atomic E-state index is 13.5. The van der Waals surface area contributed by atoms with Gasteiger partial charge in [0.15, 0.2) is 0 Å². The molecule has 0 saturated carbocycles. The van der Waals surface area contributed by atoms with Crippen LogP contribution in [-0.2, 0) is 0 Å². The van der Waals surface area contributed by atoms with E-state index in [9.17, 15) is 19.3 Å². The van der Waals surface area contributed by atoms with E-state index in [0.29, 0.717) is 25.6 Å². The number of carbonyl (C=O) groups excluding carboxylic acids is 1. The van der Waals surface area contributed by atoms with E-state index in [4.69, 9.17) is 10.8 Å². The number of piperidine rings is 1. The van der Waals surface area contributed by atoms with Gasteiger partial charge in [-0.3, -0.25) is 14.9 Å². The lowest BCUT2D eigenvalue weighted by Crippen LogP contribution is -2.41. The number of likely N-dealkylation sites (tertiary alicyclic amines) is 1. The Labute approximate surface area is 120 Å². The molecule has 0 aliphatic carbocycles. The number of nitrogens with zero attached hydrogens (tertiary/aromatic N) is 2. The summed E-state index contributed by atoms with van der Waals surface area (Å²) in [5, 5.41) is 20.0. The maximum Gasteiger partial charge on any atom is 0.295 e. The average molecular weight is 297 g/mol. The van der Waals surface area contributed by atoms with Crippen LogP contribution in [0.1, 0.15) is 23.2 Å². The van der Waals surface area contributed by atoms with Crippen molar-refractivity contribution in [2.45, 2.75) is 12.8 Å². The molecule has 1 fully saturated rings. The summed E-state index contributed by atoms with van der Waals surface area (Å²) < 4.78 is 13.5. The summed E-state index contributed by atoms with van der Waals surface area (Å²) in [6.07, 6.45) is 1.52. The third kappa shape index (κ3) is 3.10. The van der Waals surface area contributed by atoms with Crippen molar-refractivity contribution < 1.29 is 19.2 Å². The lowest BCUT2D eigenvalue weighted by molar-refractivity contribution is -0.384. The molecule has 1 amide bonds. The number of halogens is 1. The Kier molecular flexibility index (Phi) is 4.37. The summed E-state index contributed by atoms with van der Waals surface area (Å²) >= 11 is 0. The second-order valence-electron chi connectivity index (χ2n) is 5.09. The average Bonchev–Trinajstić information content (AvgIpc) is 2.48. The number of amides is 1. The van der Waals surface area contributed by atoms with Crippen LogP contribution >= 0.6 is 0 Å². The van der Waals surface area contributed by atoms with E-state index in [1.54, 1.807) is 0 Å². The van der Waals surface area contributed by atoms with Gasteiger partial charge in [-0.2, -0.15) is 0 Å². The molecule has 7 nitrogen and oxygen atoms in total. The van der Waals surface area contributed by atoms with Gasteiger partial charge in [0, 0.05) is 19.7 Å². The normalized spacial score (nSPS) is 18.6. The molecular weight excluding hydrogens is 281 g/mol. The molecule has 1 aliphatic rings. The SMILES string of the molecule is Nc1c(C(=O)N2CCCC(CO)C2)cc(F)cc1[N+](=O)[O-]. The number of nitrogens with two attached hydrogens (primary N) is 1. The number of nitro groups is 1. The van der Waals surface area contributed by atoms with Crippen molar-refractivity contribution in [2.75, 3.05) is 25.4 Å². The van der Waals surface area contributed by atoms with Gasteiger partial charge < -0.3 is 15.7 Å². The fraction of sp³-hybridized carbons (Fsp3) is 0.462. The van der Waals surface area contributed by atoms with Gasteiger partial charge in [-0.15, -0.1) is 0 Å². The summed E-state index contributed by atoms with van der Waals surface area (Å²) in [7, 11) is 0. The van der Waals surface area contributed by atoms with E-state index in [2.05, 4.69) is 0 Å². The van der Waals surface area contributed by atoms with Crippen LogP contribution in [0, 0.1) is 21.8 Å². The van der Waals surface area contributed by atoms with Gasteiger partial charge in [-0.25, -0.2) is 4.39 Å². The Hall–Kier alpha value is -2.22. The number of hydrogen-bond acceptors (Lipinski definition) is 5. The Morgan fingerprint density at radius 1 is 1.57 bits per heavy atom. The van der Waals surface area contributed by atoms with Crippen LogP contribution in [-0.4, -0.2) is 40.5 Å². The molecule has 8 heteroatoms. The Morgan fingerprint density at radius 2 is 2.29 bits per heavy atom. The fourth-order valence-electron chi connectivity index (χ4n) is 2.50. The van der Waals surface area contributed by atoms with Gasteiger partial charge in [-0.05, 0) is 24.8 Å². The lowest BCUT2D eigenvalue weighted by atomic mass is 9.98. The Balaban J connectivity index is 2.33. The number of hydrogen-bond donors (Lipinski definition) is 2. The molecule has 0 spiro atoms. The highest BCUT2D eigenvalue weighted by Gasteiger charge is 2.28. The van der Waals surface area contributed by atoms with E-state index in [-0.39, 0.29) is 23.8 Å². The Bertz CT molecular complexity index is 579. The minimum Gasteiger partial charge on any atom is -0.396 e. The van der Waals surface area contributed by atoms with Crippen molar-refractivity contribution in [1.82, 2.24) is 4.90 Å². The number of aliphatic hydroxyl groups is 1. The summed E-state index contributed by atoms with van der Waals surface area (Å²) in [5.74, 6) is -1.46. The minimum absolute atomic E-state index is 0.0348. The quantitative estimate of drug-likeness (QED) is 0.494. The Morgan fingerprint density at radius 3 is 2.90 bits per heavy atom. The van der Waals surface area contributed by atoms with E-state index in [0.717, 1.165) is 12.5 Å². The molecule has 1 aromatic rings. The monoisotopic (exact) mass is 297 g/mol. The van der Waals surface area contributed by atoms with Crippen LogP contribution in [0.15, 0.2) is 12.1 Å². The molecule has 1 heterocycles. The molecule has 1 saturated heterocycles. The number of rotatable bonds is 3. The van der Waals surface area contributed by atoms with Crippen molar-refractivity contribution in [3.63, 3.8) is 0 Å². The smallest absolute Gasteiger partial charge is 0.295 e. The standard InChI is InChI=1S/C13H16FN3O4/c14-9-4-10(12(15)11(5-9)17(20)21)13(19)16-3-1-2-8(6-16)7-18/h4-5,8,18H,1-3,6-7,15H2. The largest absolute Gasteiger partial charge is 0.396 e. The second-order valence-corrected chi connectivity index (χ2v) is 5.09. The molecule has 1 atom stereocenters. The minimum atomic E-state index is -0.880. The lowest BCUT2D eigenvalue weighted by Gasteiger charge is -2.32. The topological polar surface area (TPSA) is 110 Å². The van der Waals surface area contributed by atoms with Gasteiger partial charge in [0.2, 0.25) is 0 Å². The molecule has 2 rings (SSSR count). The maximum absolute atomic E-state index is 13.5. The van der Waals surface area contributed by atoms with Crippen LogP contribution in [0.5, 0.6) is 0 Å². The van der Waals surface area contributed by atoms with Crippen molar-refractivity contribution in [3.8, 4) is 0 Å². The van der Waals surface area contributed by atoms with Crippen LogP contribution in [0.4, 0.5) is 15.8 Å². The second kappa shape index (κ2) is 6.04. The van der Waals surface area contributed by atoms with Crippen molar-refractivity contribution in [2.24, 2.45) is 5.92 Å². The first kappa shape index (κ1) is 15.2. The van der Waals surface area contributed by atoms with Gasteiger partial charge in [0.05, 0.1) is 16.6 Å². The van der Waals surface area contributed by atoms with Gasteiger partial charge in [0.25, 0.3) is 11.6 Å².